The first kappa shape index (κ1) is 19.7. The summed E-state index contributed by atoms with van der Waals surface area (Å²) in [6.45, 7) is 0. The molecule has 0 saturated heterocycles. The van der Waals surface area contributed by atoms with E-state index in [1.165, 1.54) is 6.08 Å². The lowest BCUT2D eigenvalue weighted by Crippen LogP contribution is -2.13. The first-order valence-electron chi connectivity index (χ1n) is 8.87. The van der Waals surface area contributed by atoms with E-state index < -0.39 is 5.91 Å². The Bertz CT molecular complexity index is 1330. The third-order valence-corrected chi connectivity index (χ3v) is 4.92. The lowest BCUT2D eigenvalue weighted by Gasteiger charge is -2.07. The van der Waals surface area contributed by atoms with Crippen LogP contribution in [0.2, 0.25) is 10.0 Å². The van der Waals surface area contributed by atoms with E-state index in [0.717, 1.165) is 5.39 Å². The van der Waals surface area contributed by atoms with Crippen LogP contribution in [0, 0.1) is 11.3 Å². The standard InChI is InChI=1S/C23H13Cl2N3O2/c24-16-6-8-19(25)18(12-16)21-9-7-17(30-21)11-15(13-26)23(29)28-20-5-1-3-14-4-2-10-27-22(14)20/h1-12H,(H,28,29)/b15-11+. The fourth-order valence-electron chi connectivity index (χ4n) is 2.95. The molecule has 0 spiro atoms. The van der Waals surface area contributed by atoms with Crippen molar-refractivity contribution in [3.05, 3.63) is 88.2 Å². The predicted octanol–water partition coefficient (Wildman–Crippen LogP) is 6.35. The van der Waals surface area contributed by atoms with Gasteiger partial charge in [-0.2, -0.15) is 5.26 Å². The fraction of sp³-hybridized carbons (Fsp3) is 0. The number of para-hydroxylation sites is 1. The molecule has 30 heavy (non-hydrogen) atoms. The summed E-state index contributed by atoms with van der Waals surface area (Å²) in [5.41, 5.74) is 1.67. The molecule has 1 amide bonds. The van der Waals surface area contributed by atoms with E-state index >= 15 is 0 Å². The first-order chi connectivity index (χ1) is 14.5. The van der Waals surface area contributed by atoms with E-state index in [4.69, 9.17) is 27.6 Å². The van der Waals surface area contributed by atoms with Crippen molar-refractivity contribution >= 4 is 51.8 Å². The molecular weight excluding hydrogens is 421 g/mol. The number of pyridine rings is 1. The molecule has 0 saturated carbocycles. The van der Waals surface area contributed by atoms with E-state index in [0.29, 0.717) is 38.3 Å². The van der Waals surface area contributed by atoms with Crippen LogP contribution in [0.3, 0.4) is 0 Å². The van der Waals surface area contributed by atoms with Gasteiger partial charge in [0.15, 0.2) is 0 Å². The number of nitriles is 1. The second kappa shape index (κ2) is 8.42. The summed E-state index contributed by atoms with van der Waals surface area (Å²) >= 11 is 12.2. The number of nitrogens with zero attached hydrogens (tertiary/aromatic N) is 2. The molecule has 0 aliphatic rings. The number of hydrogen-bond donors (Lipinski definition) is 1. The number of furan rings is 1. The van der Waals surface area contributed by atoms with Crippen LogP contribution in [-0.2, 0) is 4.79 Å². The van der Waals surface area contributed by atoms with Crippen molar-refractivity contribution < 1.29 is 9.21 Å². The quantitative estimate of drug-likeness (QED) is 0.300. The Hall–Kier alpha value is -3.59. The summed E-state index contributed by atoms with van der Waals surface area (Å²) in [6, 6.07) is 19.4. The Labute approximate surface area is 182 Å². The Morgan fingerprint density at radius 1 is 1.10 bits per heavy atom. The number of aromatic nitrogens is 1. The summed E-state index contributed by atoms with van der Waals surface area (Å²) in [7, 11) is 0. The largest absolute Gasteiger partial charge is 0.457 e. The van der Waals surface area contributed by atoms with Gasteiger partial charge in [0.05, 0.1) is 16.2 Å². The highest BCUT2D eigenvalue weighted by atomic mass is 35.5. The highest BCUT2D eigenvalue weighted by molar-refractivity contribution is 6.35. The number of nitrogens with one attached hydrogen (secondary N) is 1. The second-order valence-electron chi connectivity index (χ2n) is 6.33. The van der Waals surface area contributed by atoms with Gasteiger partial charge in [0.1, 0.15) is 23.2 Å². The van der Waals surface area contributed by atoms with Crippen molar-refractivity contribution in [2.45, 2.75) is 0 Å². The van der Waals surface area contributed by atoms with Crippen molar-refractivity contribution in [2.75, 3.05) is 5.32 Å². The van der Waals surface area contributed by atoms with Crippen LogP contribution in [-0.4, -0.2) is 10.9 Å². The van der Waals surface area contributed by atoms with Gasteiger partial charge >= 0.3 is 0 Å². The Kier molecular flexibility index (Phi) is 5.53. The molecule has 146 valence electrons. The zero-order valence-electron chi connectivity index (χ0n) is 15.4. The van der Waals surface area contributed by atoms with Crippen molar-refractivity contribution in [3.8, 4) is 17.4 Å². The van der Waals surface area contributed by atoms with E-state index in [1.54, 1.807) is 42.6 Å². The summed E-state index contributed by atoms with van der Waals surface area (Å²) in [5, 5.41) is 14.1. The van der Waals surface area contributed by atoms with Crippen LogP contribution in [0.25, 0.3) is 28.3 Å². The third kappa shape index (κ3) is 4.06. The molecule has 0 atom stereocenters. The number of carbonyl (C=O) groups excluding carboxylic acids is 1. The maximum Gasteiger partial charge on any atom is 0.266 e. The molecule has 5 nitrogen and oxygen atoms in total. The van der Waals surface area contributed by atoms with Crippen LogP contribution in [0.5, 0.6) is 0 Å². The number of anilines is 1. The van der Waals surface area contributed by atoms with Crippen molar-refractivity contribution in [1.29, 1.82) is 5.26 Å². The topological polar surface area (TPSA) is 78.9 Å². The highest BCUT2D eigenvalue weighted by Gasteiger charge is 2.14. The van der Waals surface area contributed by atoms with E-state index in [-0.39, 0.29) is 5.57 Å². The first-order valence-corrected chi connectivity index (χ1v) is 9.63. The Morgan fingerprint density at radius 2 is 1.93 bits per heavy atom. The van der Waals surface area contributed by atoms with Gasteiger partial charge in [0.25, 0.3) is 5.91 Å². The summed E-state index contributed by atoms with van der Waals surface area (Å²) in [4.78, 5) is 17.0. The van der Waals surface area contributed by atoms with Crippen molar-refractivity contribution in [2.24, 2.45) is 0 Å². The van der Waals surface area contributed by atoms with Crippen LogP contribution < -0.4 is 5.32 Å². The number of carbonyl (C=O) groups is 1. The minimum absolute atomic E-state index is 0.110. The van der Waals surface area contributed by atoms with Gasteiger partial charge in [-0.05, 0) is 42.5 Å². The van der Waals surface area contributed by atoms with Crippen LogP contribution >= 0.6 is 23.2 Å². The number of fused-ring (bicyclic) bond motifs is 1. The van der Waals surface area contributed by atoms with Crippen molar-refractivity contribution in [3.63, 3.8) is 0 Å². The molecule has 0 unspecified atom stereocenters. The molecular formula is C23H13Cl2N3O2. The van der Waals surface area contributed by atoms with E-state index in [1.807, 2.05) is 30.3 Å². The minimum atomic E-state index is -0.561. The van der Waals surface area contributed by atoms with Gasteiger partial charge in [-0.1, -0.05) is 41.4 Å². The van der Waals surface area contributed by atoms with Crippen LogP contribution in [0.4, 0.5) is 5.69 Å². The lowest BCUT2D eigenvalue weighted by atomic mass is 10.1. The highest BCUT2D eigenvalue weighted by Crippen LogP contribution is 2.32. The van der Waals surface area contributed by atoms with Gasteiger partial charge in [0.2, 0.25) is 0 Å². The Balaban J connectivity index is 1.61. The number of halogens is 2. The summed E-state index contributed by atoms with van der Waals surface area (Å²) in [6.07, 6.45) is 3.01. The molecule has 0 aliphatic carbocycles. The summed E-state index contributed by atoms with van der Waals surface area (Å²) < 4.78 is 5.75. The predicted molar refractivity (Wildman–Crippen MR) is 118 cm³/mol. The smallest absolute Gasteiger partial charge is 0.266 e. The maximum absolute atomic E-state index is 12.7. The van der Waals surface area contributed by atoms with Crippen LogP contribution in [0.1, 0.15) is 5.76 Å². The molecule has 7 heteroatoms. The van der Waals surface area contributed by atoms with Crippen molar-refractivity contribution in [1.82, 2.24) is 4.98 Å². The molecule has 4 aromatic rings. The normalized spacial score (nSPS) is 11.3. The van der Waals surface area contributed by atoms with Gasteiger partial charge < -0.3 is 9.73 Å². The number of amides is 1. The van der Waals surface area contributed by atoms with E-state index in [9.17, 15) is 10.1 Å². The van der Waals surface area contributed by atoms with E-state index in [2.05, 4.69) is 10.3 Å². The molecule has 2 heterocycles. The second-order valence-corrected chi connectivity index (χ2v) is 7.17. The van der Waals surface area contributed by atoms with Gasteiger partial charge in [-0.3, -0.25) is 9.78 Å². The lowest BCUT2D eigenvalue weighted by molar-refractivity contribution is -0.112. The monoisotopic (exact) mass is 433 g/mol. The molecule has 2 aromatic heterocycles. The molecule has 0 fully saturated rings. The average molecular weight is 434 g/mol. The number of hydrogen-bond acceptors (Lipinski definition) is 4. The molecule has 2 aromatic carbocycles. The van der Waals surface area contributed by atoms with Gasteiger partial charge in [0, 0.05) is 28.2 Å². The van der Waals surface area contributed by atoms with Gasteiger partial charge in [-0.25, -0.2) is 0 Å². The van der Waals surface area contributed by atoms with Gasteiger partial charge in [-0.15, -0.1) is 0 Å². The SMILES string of the molecule is N#C/C(=C\c1ccc(-c2cc(Cl)ccc2Cl)o1)C(=O)Nc1cccc2cccnc12. The summed E-state index contributed by atoms with van der Waals surface area (Å²) in [5.74, 6) is 0.253. The maximum atomic E-state index is 12.7. The fourth-order valence-corrected chi connectivity index (χ4v) is 3.33. The molecule has 0 aliphatic heterocycles. The van der Waals surface area contributed by atoms with Crippen LogP contribution in [0.15, 0.2) is 76.9 Å². The minimum Gasteiger partial charge on any atom is -0.457 e. The number of benzene rings is 2. The molecule has 4 rings (SSSR count). The zero-order chi connectivity index (χ0) is 21.1. The zero-order valence-corrected chi connectivity index (χ0v) is 16.9. The Morgan fingerprint density at radius 3 is 2.77 bits per heavy atom. The third-order valence-electron chi connectivity index (χ3n) is 4.35. The number of rotatable bonds is 4. The average Bonchev–Trinajstić information content (AvgIpc) is 3.22. The molecule has 1 N–H and O–H groups in total. The molecule has 0 bridgehead atoms. The molecule has 0 radical (unpaired) electrons.